The molecule has 122 valence electrons. The van der Waals surface area contributed by atoms with Gasteiger partial charge in [0.2, 0.25) is 0 Å². The van der Waals surface area contributed by atoms with E-state index in [-0.39, 0.29) is 6.09 Å². The fourth-order valence-electron chi connectivity index (χ4n) is 3.61. The summed E-state index contributed by atoms with van der Waals surface area (Å²) in [5.74, 6) is 0.621. The molecule has 21 heavy (non-hydrogen) atoms. The molecule has 0 aromatic rings. The van der Waals surface area contributed by atoms with E-state index in [9.17, 15) is 9.90 Å². The first-order valence-corrected chi connectivity index (χ1v) is 8.40. The van der Waals surface area contributed by atoms with E-state index in [4.69, 9.17) is 4.74 Å². The number of hydrogen-bond acceptors (Lipinski definition) is 4. The summed E-state index contributed by atoms with van der Waals surface area (Å²) in [6, 6.07) is 0.400. The van der Waals surface area contributed by atoms with Crippen LogP contribution in [0.4, 0.5) is 4.79 Å². The number of carbonyl (C=O) groups excluding carboxylic acids is 1. The Morgan fingerprint density at radius 1 is 1.38 bits per heavy atom. The largest absolute Gasteiger partial charge is 0.450 e. The van der Waals surface area contributed by atoms with Crippen LogP contribution in [-0.2, 0) is 4.74 Å². The normalized spacial score (nSPS) is 31.2. The summed E-state index contributed by atoms with van der Waals surface area (Å²) in [7, 11) is 0. The number of hydrogen-bond donors (Lipinski definition) is 2. The van der Waals surface area contributed by atoms with Crippen molar-refractivity contribution in [3.8, 4) is 0 Å². The van der Waals surface area contributed by atoms with Crippen molar-refractivity contribution in [3.05, 3.63) is 0 Å². The van der Waals surface area contributed by atoms with Gasteiger partial charge in [0.15, 0.2) is 0 Å². The Kier molecular flexibility index (Phi) is 5.88. The molecule has 0 aromatic carbocycles. The maximum atomic E-state index is 11.6. The molecule has 5 nitrogen and oxygen atoms in total. The lowest BCUT2D eigenvalue weighted by atomic mass is 9.79. The van der Waals surface area contributed by atoms with Crippen molar-refractivity contribution in [2.45, 2.75) is 64.0 Å². The minimum atomic E-state index is -0.532. The van der Waals surface area contributed by atoms with Gasteiger partial charge in [0.25, 0.3) is 0 Å². The van der Waals surface area contributed by atoms with E-state index >= 15 is 0 Å². The van der Waals surface area contributed by atoms with Crippen molar-refractivity contribution in [1.29, 1.82) is 0 Å². The predicted molar refractivity (Wildman–Crippen MR) is 82.2 cm³/mol. The van der Waals surface area contributed by atoms with Gasteiger partial charge in [-0.05, 0) is 38.5 Å². The second-order valence-electron chi connectivity index (χ2n) is 6.77. The number of ether oxygens (including phenoxy) is 1. The zero-order valence-corrected chi connectivity index (χ0v) is 13.4. The summed E-state index contributed by atoms with van der Waals surface area (Å²) in [5.41, 5.74) is -0.532. The van der Waals surface area contributed by atoms with Crippen LogP contribution in [-0.4, -0.2) is 54.0 Å². The highest BCUT2D eigenvalue weighted by atomic mass is 16.6. The first-order valence-electron chi connectivity index (χ1n) is 8.40. The Labute approximate surface area is 128 Å². The van der Waals surface area contributed by atoms with Gasteiger partial charge in [-0.3, -0.25) is 0 Å². The molecule has 1 heterocycles. The zero-order valence-electron chi connectivity index (χ0n) is 13.4. The van der Waals surface area contributed by atoms with Crippen molar-refractivity contribution < 1.29 is 14.6 Å². The van der Waals surface area contributed by atoms with Crippen LogP contribution in [0.15, 0.2) is 0 Å². The molecule has 0 radical (unpaired) electrons. The highest BCUT2D eigenvalue weighted by Gasteiger charge is 2.33. The van der Waals surface area contributed by atoms with Crippen molar-refractivity contribution in [3.63, 3.8) is 0 Å². The van der Waals surface area contributed by atoms with Gasteiger partial charge in [-0.15, -0.1) is 0 Å². The van der Waals surface area contributed by atoms with Gasteiger partial charge in [0.1, 0.15) is 0 Å². The summed E-state index contributed by atoms with van der Waals surface area (Å²) in [6.07, 6.45) is 5.85. The van der Waals surface area contributed by atoms with Gasteiger partial charge in [0.05, 0.1) is 12.2 Å². The summed E-state index contributed by atoms with van der Waals surface area (Å²) < 4.78 is 5.03. The number of nitrogens with zero attached hydrogens (tertiary/aromatic N) is 1. The first kappa shape index (κ1) is 16.6. The van der Waals surface area contributed by atoms with E-state index in [1.165, 1.54) is 6.42 Å². The summed E-state index contributed by atoms with van der Waals surface area (Å²) in [4.78, 5) is 13.4. The molecule has 2 fully saturated rings. The third-order valence-corrected chi connectivity index (χ3v) is 4.81. The number of rotatable bonds is 4. The molecule has 0 aromatic heterocycles. The molecule has 2 rings (SSSR count). The fraction of sp³-hybridized carbons (Fsp3) is 0.938. The standard InChI is InChI=1S/C16H30N2O3/c1-3-21-15(19)18-9-6-14(7-10-18)17-12-16(20)8-4-5-13(2)11-16/h13-14,17,20H,3-12H2,1-2H3. The van der Waals surface area contributed by atoms with Crippen molar-refractivity contribution in [1.82, 2.24) is 10.2 Å². The molecule has 2 N–H and O–H groups in total. The van der Waals surface area contributed by atoms with Crippen LogP contribution in [0.1, 0.15) is 52.4 Å². The van der Waals surface area contributed by atoms with E-state index in [1.54, 1.807) is 4.90 Å². The molecule has 2 atom stereocenters. The Morgan fingerprint density at radius 3 is 2.71 bits per heavy atom. The highest BCUT2D eigenvalue weighted by molar-refractivity contribution is 5.67. The number of piperidine rings is 1. The van der Waals surface area contributed by atoms with Gasteiger partial charge >= 0.3 is 6.09 Å². The van der Waals surface area contributed by atoms with E-state index in [0.29, 0.717) is 25.1 Å². The van der Waals surface area contributed by atoms with Gasteiger partial charge in [-0.2, -0.15) is 0 Å². The van der Waals surface area contributed by atoms with Crippen LogP contribution in [0.2, 0.25) is 0 Å². The minimum Gasteiger partial charge on any atom is -0.450 e. The van der Waals surface area contributed by atoms with Gasteiger partial charge in [-0.25, -0.2) is 4.79 Å². The third-order valence-electron chi connectivity index (χ3n) is 4.81. The number of likely N-dealkylation sites (tertiary alicyclic amines) is 1. The number of carbonyl (C=O) groups is 1. The predicted octanol–water partition coefficient (Wildman–Crippen LogP) is 2.14. The lowest BCUT2D eigenvalue weighted by Gasteiger charge is -2.38. The average molecular weight is 298 g/mol. The SMILES string of the molecule is CCOC(=O)N1CCC(NCC2(O)CCCC(C)C2)CC1. The van der Waals surface area contributed by atoms with Crippen molar-refractivity contribution in [2.75, 3.05) is 26.2 Å². The Morgan fingerprint density at radius 2 is 2.10 bits per heavy atom. The Bertz CT molecular complexity index is 342. The quantitative estimate of drug-likeness (QED) is 0.835. The monoisotopic (exact) mass is 298 g/mol. The van der Waals surface area contributed by atoms with Gasteiger partial charge in [-0.1, -0.05) is 19.8 Å². The Hall–Kier alpha value is -0.810. The van der Waals surface area contributed by atoms with Crippen LogP contribution in [0, 0.1) is 5.92 Å². The minimum absolute atomic E-state index is 0.198. The molecule has 5 heteroatoms. The number of nitrogens with one attached hydrogen (secondary N) is 1. The van der Waals surface area contributed by atoms with Crippen LogP contribution in [0.5, 0.6) is 0 Å². The highest BCUT2D eigenvalue weighted by Crippen LogP contribution is 2.31. The molecular formula is C16H30N2O3. The molecular weight excluding hydrogens is 268 g/mol. The topological polar surface area (TPSA) is 61.8 Å². The molecule has 0 bridgehead atoms. The molecule has 1 saturated carbocycles. The van der Waals surface area contributed by atoms with E-state index in [2.05, 4.69) is 12.2 Å². The molecule has 1 aliphatic carbocycles. The van der Waals surface area contributed by atoms with Crippen LogP contribution in [0.25, 0.3) is 0 Å². The maximum Gasteiger partial charge on any atom is 0.409 e. The molecule has 1 amide bonds. The van der Waals surface area contributed by atoms with Gasteiger partial charge < -0.3 is 20.1 Å². The molecule has 1 saturated heterocycles. The lowest BCUT2D eigenvalue weighted by molar-refractivity contribution is -0.0153. The van der Waals surface area contributed by atoms with Crippen LogP contribution >= 0.6 is 0 Å². The Balaban J connectivity index is 1.70. The number of amides is 1. The summed E-state index contributed by atoms with van der Waals surface area (Å²) in [6.45, 7) is 6.65. The average Bonchev–Trinajstić information content (AvgIpc) is 2.46. The smallest absolute Gasteiger partial charge is 0.409 e. The van der Waals surface area contributed by atoms with Crippen molar-refractivity contribution in [2.24, 2.45) is 5.92 Å². The first-order chi connectivity index (χ1) is 10.0. The summed E-state index contributed by atoms with van der Waals surface area (Å²) in [5, 5.41) is 14.2. The fourth-order valence-corrected chi connectivity index (χ4v) is 3.61. The number of aliphatic hydroxyl groups is 1. The third kappa shape index (κ3) is 4.85. The van der Waals surface area contributed by atoms with Crippen molar-refractivity contribution >= 4 is 6.09 Å². The van der Waals surface area contributed by atoms with Gasteiger partial charge in [0, 0.05) is 25.7 Å². The molecule has 2 aliphatic rings. The van der Waals surface area contributed by atoms with E-state index < -0.39 is 5.60 Å². The maximum absolute atomic E-state index is 11.6. The van der Waals surface area contributed by atoms with Crippen LogP contribution < -0.4 is 5.32 Å². The zero-order chi connectivity index (χ0) is 15.3. The lowest BCUT2D eigenvalue weighted by Crippen LogP contribution is -2.50. The molecule has 0 spiro atoms. The second-order valence-corrected chi connectivity index (χ2v) is 6.77. The second kappa shape index (κ2) is 7.45. The van der Waals surface area contributed by atoms with E-state index in [0.717, 1.165) is 45.2 Å². The molecule has 2 unspecified atom stereocenters. The molecule has 1 aliphatic heterocycles. The van der Waals surface area contributed by atoms with Crippen LogP contribution in [0.3, 0.4) is 0 Å². The van der Waals surface area contributed by atoms with E-state index in [1.807, 2.05) is 6.92 Å². The summed E-state index contributed by atoms with van der Waals surface area (Å²) >= 11 is 0.